The minimum absolute atomic E-state index is 0.0256. The molecule has 2 aromatic carbocycles. The lowest BCUT2D eigenvalue weighted by Crippen LogP contribution is -2.42. The maximum atomic E-state index is 12.8. The molecule has 5 heteroatoms. The Bertz CT molecular complexity index is 896. The number of amides is 2. The van der Waals surface area contributed by atoms with Crippen LogP contribution < -0.4 is 5.32 Å². The van der Waals surface area contributed by atoms with Crippen LogP contribution in [0.25, 0.3) is 0 Å². The molecule has 1 fully saturated rings. The fourth-order valence-electron chi connectivity index (χ4n) is 3.78. The van der Waals surface area contributed by atoms with Crippen LogP contribution in [0.5, 0.6) is 0 Å². The molecule has 0 aliphatic heterocycles. The van der Waals surface area contributed by atoms with Crippen molar-refractivity contribution in [3.8, 4) is 0 Å². The molecule has 3 rings (SSSR count). The van der Waals surface area contributed by atoms with Gasteiger partial charge in [-0.25, -0.2) is 0 Å². The van der Waals surface area contributed by atoms with Crippen molar-refractivity contribution in [1.82, 2.24) is 9.80 Å². The summed E-state index contributed by atoms with van der Waals surface area (Å²) < 4.78 is 0. The van der Waals surface area contributed by atoms with Gasteiger partial charge in [0.2, 0.25) is 11.8 Å². The van der Waals surface area contributed by atoms with Crippen LogP contribution in [0.1, 0.15) is 54.9 Å². The highest BCUT2D eigenvalue weighted by Gasteiger charge is 2.31. The Kier molecular flexibility index (Phi) is 7.50. The molecule has 5 nitrogen and oxygen atoms in total. The van der Waals surface area contributed by atoms with Crippen molar-refractivity contribution in [3.05, 3.63) is 64.7 Å². The fourth-order valence-corrected chi connectivity index (χ4v) is 3.78. The van der Waals surface area contributed by atoms with Crippen molar-refractivity contribution >= 4 is 17.5 Å². The molecule has 0 bridgehead atoms. The predicted molar refractivity (Wildman–Crippen MR) is 126 cm³/mol. The van der Waals surface area contributed by atoms with Crippen LogP contribution in [-0.4, -0.2) is 47.8 Å². The van der Waals surface area contributed by atoms with Crippen molar-refractivity contribution < 1.29 is 9.59 Å². The Labute approximate surface area is 186 Å². The van der Waals surface area contributed by atoms with Gasteiger partial charge in [-0.2, -0.15) is 0 Å². The Hall–Kier alpha value is -2.66. The van der Waals surface area contributed by atoms with E-state index in [2.05, 4.69) is 48.3 Å². The first-order chi connectivity index (χ1) is 14.7. The van der Waals surface area contributed by atoms with E-state index < -0.39 is 0 Å². The first-order valence-corrected chi connectivity index (χ1v) is 11.2. The molecule has 0 saturated heterocycles. The first-order valence-electron chi connectivity index (χ1n) is 11.2. The highest BCUT2D eigenvalue weighted by Crippen LogP contribution is 2.28. The van der Waals surface area contributed by atoms with E-state index in [1.165, 1.54) is 16.0 Å². The molecular weight excluding hydrogens is 386 g/mol. The number of nitrogens with zero attached hydrogens (tertiary/aromatic N) is 2. The molecule has 0 aromatic heterocycles. The summed E-state index contributed by atoms with van der Waals surface area (Å²) in [5.74, 6) is 0.316. The number of hydrogen-bond donors (Lipinski definition) is 1. The zero-order chi connectivity index (χ0) is 22.5. The Morgan fingerprint density at radius 3 is 2.16 bits per heavy atom. The Morgan fingerprint density at radius 1 is 1.00 bits per heavy atom. The predicted octanol–water partition coefficient (Wildman–Crippen LogP) is 4.49. The highest BCUT2D eigenvalue weighted by molar-refractivity contribution is 5.95. The van der Waals surface area contributed by atoms with Crippen molar-refractivity contribution in [2.24, 2.45) is 0 Å². The molecule has 1 aliphatic carbocycles. The van der Waals surface area contributed by atoms with E-state index in [9.17, 15) is 9.59 Å². The summed E-state index contributed by atoms with van der Waals surface area (Å²) in [6.07, 6.45) is 2.27. The summed E-state index contributed by atoms with van der Waals surface area (Å²) in [5.41, 5.74) is 5.42. The number of rotatable bonds is 9. The number of para-hydroxylation sites is 1. The van der Waals surface area contributed by atoms with Crippen molar-refractivity contribution in [2.45, 2.75) is 59.0 Å². The van der Waals surface area contributed by atoms with Gasteiger partial charge in [0, 0.05) is 25.3 Å². The average Bonchev–Trinajstić information content (AvgIpc) is 3.56. The van der Waals surface area contributed by atoms with Gasteiger partial charge < -0.3 is 10.2 Å². The average molecular weight is 422 g/mol. The topological polar surface area (TPSA) is 52.7 Å². The molecule has 1 N–H and O–H groups in total. The van der Waals surface area contributed by atoms with E-state index in [0.717, 1.165) is 36.2 Å². The van der Waals surface area contributed by atoms with Crippen LogP contribution in [0.2, 0.25) is 0 Å². The van der Waals surface area contributed by atoms with Gasteiger partial charge in [-0.1, -0.05) is 56.3 Å². The number of carbonyl (C=O) groups excluding carboxylic acids is 2. The number of benzene rings is 2. The van der Waals surface area contributed by atoms with Gasteiger partial charge in [-0.05, 0) is 54.9 Å². The van der Waals surface area contributed by atoms with Crippen LogP contribution in [0.15, 0.2) is 42.5 Å². The van der Waals surface area contributed by atoms with Gasteiger partial charge in [-0.15, -0.1) is 0 Å². The van der Waals surface area contributed by atoms with Crippen molar-refractivity contribution in [3.63, 3.8) is 0 Å². The normalized spacial score (nSPS) is 13.5. The molecule has 0 spiro atoms. The van der Waals surface area contributed by atoms with E-state index >= 15 is 0 Å². The van der Waals surface area contributed by atoms with Crippen LogP contribution in [0, 0.1) is 13.8 Å². The number of nitrogens with one attached hydrogen (secondary N) is 1. The molecule has 1 aliphatic rings. The van der Waals surface area contributed by atoms with Crippen LogP contribution in [0.4, 0.5) is 5.69 Å². The largest absolute Gasteiger partial charge is 0.335 e. The highest BCUT2D eigenvalue weighted by atomic mass is 16.2. The third kappa shape index (κ3) is 6.41. The van der Waals surface area contributed by atoms with Crippen molar-refractivity contribution in [1.29, 1.82) is 0 Å². The molecule has 31 heavy (non-hydrogen) atoms. The molecule has 2 aromatic rings. The number of likely N-dealkylation sites (N-methyl/N-ethyl adjacent to an activating group) is 1. The summed E-state index contributed by atoms with van der Waals surface area (Å²) in [4.78, 5) is 29.1. The third-order valence-corrected chi connectivity index (χ3v) is 5.99. The Morgan fingerprint density at radius 2 is 1.61 bits per heavy atom. The summed E-state index contributed by atoms with van der Waals surface area (Å²) in [5, 5.41) is 2.96. The third-order valence-electron chi connectivity index (χ3n) is 5.99. The number of carbonyl (C=O) groups is 2. The molecule has 0 radical (unpaired) electrons. The quantitative estimate of drug-likeness (QED) is 0.649. The van der Waals surface area contributed by atoms with E-state index in [-0.39, 0.29) is 18.4 Å². The van der Waals surface area contributed by atoms with E-state index in [4.69, 9.17) is 0 Å². The monoisotopic (exact) mass is 421 g/mol. The summed E-state index contributed by atoms with van der Waals surface area (Å²) >= 11 is 0. The standard InChI is InChI=1S/C26H35N3O2/c1-18(2)22-11-9-21(10-12-22)15-29(23-13-14-23)17-25(31)28(5)16-24(30)27-26-19(3)7-6-8-20(26)4/h6-12,18,23H,13-17H2,1-5H3,(H,27,30). The maximum absolute atomic E-state index is 12.8. The van der Waals surface area contributed by atoms with Gasteiger partial charge in [-0.3, -0.25) is 14.5 Å². The number of hydrogen-bond acceptors (Lipinski definition) is 3. The van der Waals surface area contributed by atoms with E-state index in [1.54, 1.807) is 7.05 Å². The van der Waals surface area contributed by atoms with Gasteiger partial charge in [0.25, 0.3) is 0 Å². The van der Waals surface area contributed by atoms with Gasteiger partial charge >= 0.3 is 0 Å². The fraction of sp³-hybridized carbons (Fsp3) is 0.462. The van der Waals surface area contributed by atoms with Gasteiger partial charge in [0.05, 0.1) is 13.1 Å². The molecular formula is C26H35N3O2. The molecule has 2 amide bonds. The number of aryl methyl sites for hydroxylation is 2. The van der Waals surface area contributed by atoms with Crippen LogP contribution >= 0.6 is 0 Å². The summed E-state index contributed by atoms with van der Waals surface area (Å²) in [6.45, 7) is 9.47. The van der Waals surface area contributed by atoms with Crippen LogP contribution in [-0.2, 0) is 16.1 Å². The lowest BCUT2D eigenvalue weighted by molar-refractivity contribution is -0.134. The van der Waals surface area contributed by atoms with Gasteiger partial charge in [0.1, 0.15) is 0 Å². The first kappa shape index (κ1) is 23.0. The molecule has 0 atom stereocenters. The molecule has 1 saturated carbocycles. The second-order valence-electron chi connectivity index (χ2n) is 9.10. The SMILES string of the molecule is Cc1cccc(C)c1NC(=O)CN(C)C(=O)CN(Cc1ccc(C(C)C)cc1)C1CC1. The zero-order valence-corrected chi connectivity index (χ0v) is 19.4. The summed E-state index contributed by atoms with van der Waals surface area (Å²) in [6, 6.07) is 15.1. The zero-order valence-electron chi connectivity index (χ0n) is 19.4. The smallest absolute Gasteiger partial charge is 0.243 e. The molecule has 166 valence electrons. The Balaban J connectivity index is 1.56. The van der Waals surface area contributed by atoms with Gasteiger partial charge in [0.15, 0.2) is 0 Å². The maximum Gasteiger partial charge on any atom is 0.243 e. The second kappa shape index (κ2) is 10.1. The minimum Gasteiger partial charge on any atom is -0.335 e. The lowest BCUT2D eigenvalue weighted by Gasteiger charge is -2.25. The van der Waals surface area contributed by atoms with E-state index in [0.29, 0.717) is 18.5 Å². The van der Waals surface area contributed by atoms with E-state index in [1.807, 2.05) is 32.0 Å². The number of anilines is 1. The minimum atomic E-state index is -0.171. The second-order valence-corrected chi connectivity index (χ2v) is 9.10. The summed E-state index contributed by atoms with van der Waals surface area (Å²) in [7, 11) is 1.70. The molecule has 0 heterocycles. The van der Waals surface area contributed by atoms with Crippen molar-refractivity contribution in [2.75, 3.05) is 25.5 Å². The lowest BCUT2D eigenvalue weighted by atomic mass is 10.0. The molecule has 0 unspecified atom stereocenters. The van der Waals surface area contributed by atoms with Crippen LogP contribution in [0.3, 0.4) is 0 Å².